The van der Waals surface area contributed by atoms with Gasteiger partial charge in [-0.2, -0.15) is 0 Å². The van der Waals surface area contributed by atoms with Gasteiger partial charge in [0.15, 0.2) is 0 Å². The van der Waals surface area contributed by atoms with Crippen LogP contribution in [0.4, 0.5) is 17.1 Å². The fourth-order valence-electron chi connectivity index (χ4n) is 8.66. The highest BCUT2D eigenvalue weighted by atomic mass is 15.2. The Balaban J connectivity index is 1.20. The summed E-state index contributed by atoms with van der Waals surface area (Å²) in [5, 5.41) is 0. The van der Waals surface area contributed by atoms with Crippen LogP contribution in [0.25, 0.3) is 0 Å². The number of rotatable bonds is 7. The van der Waals surface area contributed by atoms with Crippen molar-refractivity contribution in [2.45, 2.75) is 77.2 Å². The Morgan fingerprint density at radius 3 is 2.23 bits per heavy atom. The van der Waals surface area contributed by atoms with Crippen LogP contribution in [0.3, 0.4) is 0 Å². The number of para-hydroxylation sites is 2. The van der Waals surface area contributed by atoms with Crippen LogP contribution in [0.5, 0.6) is 0 Å². The van der Waals surface area contributed by atoms with Crippen molar-refractivity contribution >= 4 is 17.1 Å². The van der Waals surface area contributed by atoms with Crippen LogP contribution in [0.1, 0.15) is 76.8 Å². The lowest BCUT2D eigenvalue weighted by molar-refractivity contribution is 0.287. The quantitative estimate of drug-likeness (QED) is 0.281. The maximum Gasteiger partial charge on any atom is 0.0626 e. The predicted octanol–water partition coefficient (Wildman–Crippen LogP) is 10.8. The Morgan fingerprint density at radius 2 is 1.53 bits per heavy atom. The summed E-state index contributed by atoms with van der Waals surface area (Å²) in [6.07, 6.45) is 19.8. The van der Waals surface area contributed by atoms with E-state index in [4.69, 9.17) is 0 Å². The summed E-state index contributed by atoms with van der Waals surface area (Å²) in [5.74, 6) is 2.83. The molecule has 5 unspecified atom stereocenters. The minimum absolute atomic E-state index is 0.264. The first-order valence-electron chi connectivity index (χ1n) is 16.6. The maximum atomic E-state index is 2.59. The van der Waals surface area contributed by atoms with E-state index >= 15 is 0 Å². The third-order valence-corrected chi connectivity index (χ3v) is 10.9. The SMILES string of the molecule is CCC1CC(C)(c2ccc(N(C3=CC=C(N4c5ccccc5C5C=CC=CC54)CC3)c3ccccc3)cc2)CC1C(C)C. The summed E-state index contributed by atoms with van der Waals surface area (Å²) in [4.78, 5) is 5.06. The van der Waals surface area contributed by atoms with Crippen molar-refractivity contribution in [1.82, 2.24) is 0 Å². The molecule has 1 aliphatic heterocycles. The summed E-state index contributed by atoms with van der Waals surface area (Å²) < 4.78 is 0. The molecular formula is C41H46N2. The minimum atomic E-state index is 0.264. The van der Waals surface area contributed by atoms with Gasteiger partial charge in [0.25, 0.3) is 0 Å². The van der Waals surface area contributed by atoms with E-state index in [2.05, 4.69) is 153 Å². The topological polar surface area (TPSA) is 6.48 Å². The zero-order valence-electron chi connectivity index (χ0n) is 26.3. The van der Waals surface area contributed by atoms with Crippen molar-refractivity contribution in [2.75, 3.05) is 9.80 Å². The predicted molar refractivity (Wildman–Crippen MR) is 183 cm³/mol. The molecule has 7 rings (SSSR count). The largest absolute Gasteiger partial charge is 0.337 e. The Kier molecular flexibility index (Phi) is 7.41. The maximum absolute atomic E-state index is 2.59. The number of nitrogens with zero attached hydrogens (tertiary/aromatic N) is 2. The second-order valence-electron chi connectivity index (χ2n) is 13.8. The van der Waals surface area contributed by atoms with Gasteiger partial charge in [0.1, 0.15) is 0 Å². The van der Waals surface area contributed by atoms with Gasteiger partial charge in [-0.25, -0.2) is 0 Å². The summed E-state index contributed by atoms with van der Waals surface area (Å²) in [6.45, 7) is 9.73. The van der Waals surface area contributed by atoms with Crippen molar-refractivity contribution in [3.8, 4) is 0 Å². The van der Waals surface area contributed by atoms with Gasteiger partial charge >= 0.3 is 0 Å². The molecule has 43 heavy (non-hydrogen) atoms. The van der Waals surface area contributed by atoms with Crippen LogP contribution in [0.2, 0.25) is 0 Å². The zero-order chi connectivity index (χ0) is 29.6. The number of anilines is 3. The molecular weight excluding hydrogens is 520 g/mol. The van der Waals surface area contributed by atoms with Crippen molar-refractivity contribution in [1.29, 1.82) is 0 Å². The summed E-state index contributed by atoms with van der Waals surface area (Å²) >= 11 is 0. The van der Waals surface area contributed by atoms with E-state index in [1.54, 1.807) is 0 Å². The first-order chi connectivity index (χ1) is 21.0. The van der Waals surface area contributed by atoms with Gasteiger partial charge < -0.3 is 9.80 Å². The average molecular weight is 567 g/mol. The van der Waals surface area contributed by atoms with Crippen LogP contribution < -0.4 is 9.80 Å². The average Bonchev–Trinajstić information content (AvgIpc) is 3.58. The van der Waals surface area contributed by atoms with Gasteiger partial charge in [0.05, 0.1) is 6.04 Å². The molecule has 1 heterocycles. The molecule has 1 fully saturated rings. The van der Waals surface area contributed by atoms with Gasteiger partial charge in [-0.1, -0.05) is 107 Å². The highest BCUT2D eigenvalue weighted by Crippen LogP contribution is 2.52. The molecule has 0 radical (unpaired) electrons. The summed E-state index contributed by atoms with van der Waals surface area (Å²) in [6, 6.07) is 29.8. The Labute approximate surface area is 259 Å². The van der Waals surface area contributed by atoms with Crippen molar-refractivity contribution in [3.05, 3.63) is 138 Å². The van der Waals surface area contributed by atoms with E-state index in [1.807, 2.05) is 0 Å². The molecule has 3 aromatic rings. The highest BCUT2D eigenvalue weighted by molar-refractivity contribution is 5.72. The number of benzene rings is 3. The molecule has 220 valence electrons. The second-order valence-corrected chi connectivity index (χ2v) is 13.8. The molecule has 2 heteroatoms. The molecule has 0 N–H and O–H groups in total. The van der Waals surface area contributed by atoms with Gasteiger partial charge in [0, 0.05) is 34.4 Å². The fraction of sp³-hybridized carbons (Fsp3) is 0.366. The van der Waals surface area contributed by atoms with Gasteiger partial charge in [-0.3, -0.25) is 0 Å². The zero-order valence-corrected chi connectivity index (χ0v) is 26.3. The molecule has 2 nitrogen and oxygen atoms in total. The standard InChI is InChI=1S/C41H46N2/c1-5-30-27-41(4,28-38(30)29(2)3)31-19-21-33(22-20-31)42(32-13-7-6-8-14-32)34-23-25-35(26-24-34)43-39-17-11-9-15-36(39)37-16-10-12-18-40(37)43/h6-23,25,29-30,36,38-39H,5,24,26-28H2,1-4H3. The molecule has 0 aromatic heterocycles. The first-order valence-corrected chi connectivity index (χ1v) is 16.6. The third kappa shape index (κ3) is 4.99. The highest BCUT2D eigenvalue weighted by Gasteiger charge is 2.43. The molecule has 3 aliphatic carbocycles. The normalized spacial score (nSPS) is 27.6. The molecule has 3 aromatic carbocycles. The molecule has 5 atom stereocenters. The number of hydrogen-bond donors (Lipinski definition) is 0. The van der Waals surface area contributed by atoms with Gasteiger partial charge in [0.2, 0.25) is 0 Å². The molecule has 4 aliphatic rings. The Bertz CT molecular complexity index is 1570. The molecule has 0 bridgehead atoms. The Morgan fingerprint density at radius 1 is 0.814 bits per heavy atom. The van der Waals surface area contributed by atoms with E-state index in [1.165, 1.54) is 58.8 Å². The summed E-state index contributed by atoms with van der Waals surface area (Å²) in [7, 11) is 0. The van der Waals surface area contributed by atoms with Crippen LogP contribution in [-0.2, 0) is 5.41 Å². The smallest absolute Gasteiger partial charge is 0.0626 e. The number of allylic oxidation sites excluding steroid dienone is 6. The molecule has 0 amide bonds. The fourth-order valence-corrected chi connectivity index (χ4v) is 8.66. The van der Waals surface area contributed by atoms with E-state index in [-0.39, 0.29) is 5.41 Å². The van der Waals surface area contributed by atoms with E-state index in [9.17, 15) is 0 Å². The van der Waals surface area contributed by atoms with Gasteiger partial charge in [-0.15, -0.1) is 0 Å². The molecule has 0 saturated heterocycles. The van der Waals surface area contributed by atoms with Crippen molar-refractivity contribution < 1.29 is 0 Å². The van der Waals surface area contributed by atoms with Gasteiger partial charge in [-0.05, 0) is 102 Å². The monoisotopic (exact) mass is 566 g/mol. The van der Waals surface area contributed by atoms with Crippen molar-refractivity contribution in [3.63, 3.8) is 0 Å². The lowest BCUT2D eigenvalue weighted by Crippen LogP contribution is -2.33. The lowest BCUT2D eigenvalue weighted by Gasteiger charge is -2.35. The Hall–Kier alpha value is -3.78. The summed E-state index contributed by atoms with van der Waals surface area (Å²) in [5.41, 5.74) is 9.80. The molecule has 0 spiro atoms. The van der Waals surface area contributed by atoms with Crippen LogP contribution in [0, 0.1) is 17.8 Å². The lowest BCUT2D eigenvalue weighted by atomic mass is 9.79. The van der Waals surface area contributed by atoms with E-state index < -0.39 is 0 Å². The van der Waals surface area contributed by atoms with E-state index in [0.29, 0.717) is 12.0 Å². The van der Waals surface area contributed by atoms with Crippen LogP contribution in [-0.4, -0.2) is 6.04 Å². The third-order valence-electron chi connectivity index (χ3n) is 10.9. The second kappa shape index (κ2) is 11.4. The minimum Gasteiger partial charge on any atom is -0.337 e. The van der Waals surface area contributed by atoms with Crippen LogP contribution in [0.15, 0.2) is 127 Å². The van der Waals surface area contributed by atoms with E-state index in [0.717, 1.165) is 30.6 Å². The van der Waals surface area contributed by atoms with Crippen molar-refractivity contribution in [2.24, 2.45) is 17.8 Å². The molecule has 1 saturated carbocycles. The number of hydrogen-bond acceptors (Lipinski definition) is 2. The first kappa shape index (κ1) is 28.0. The van der Waals surface area contributed by atoms with Crippen LogP contribution >= 0.6 is 0 Å². The number of fused-ring (bicyclic) bond motifs is 3.